The number of aliphatic carboxylic acids is 1. The van der Waals surface area contributed by atoms with Gasteiger partial charge in [0.1, 0.15) is 0 Å². The maximum Gasteiger partial charge on any atom is 0.330 e. The lowest BCUT2D eigenvalue weighted by Gasteiger charge is -2.03. The number of carbonyl (C=O) groups is 1. The average molecular weight is 272 g/mol. The molecule has 2 aromatic carbocycles. The van der Waals surface area contributed by atoms with Crippen molar-refractivity contribution in [3.05, 3.63) is 66.7 Å². The van der Waals surface area contributed by atoms with Crippen molar-refractivity contribution in [2.45, 2.75) is 11.8 Å². The Morgan fingerprint density at radius 3 is 2.00 bits per heavy atom. The molecule has 98 valence electrons. The van der Waals surface area contributed by atoms with E-state index >= 15 is 0 Å². The van der Waals surface area contributed by atoms with Crippen LogP contribution in [0.3, 0.4) is 0 Å². The largest absolute Gasteiger partial charge is 0.478 e. The molecule has 0 unspecified atom stereocenters. The third-order valence-electron chi connectivity index (χ3n) is 2.35. The number of carboxylic acids is 1. The van der Waals surface area contributed by atoms with Crippen LogP contribution in [0.5, 0.6) is 0 Å². The summed E-state index contributed by atoms with van der Waals surface area (Å²) in [5, 5.41) is 7.89. The zero-order chi connectivity index (χ0) is 14.3. The van der Waals surface area contributed by atoms with Gasteiger partial charge in [-0.3, -0.25) is 0 Å². The molecule has 0 aliphatic carbocycles. The molecule has 0 bridgehead atoms. The lowest BCUT2D eigenvalue weighted by molar-refractivity contribution is -0.132. The van der Waals surface area contributed by atoms with E-state index in [1.165, 1.54) is 18.1 Å². The van der Waals surface area contributed by atoms with Crippen LogP contribution < -0.4 is 0 Å². The van der Waals surface area contributed by atoms with Crippen LogP contribution in [-0.2, 0) is 4.79 Å². The molecule has 0 saturated carbocycles. The van der Waals surface area contributed by atoms with Crippen molar-refractivity contribution >= 4 is 18.6 Å². The summed E-state index contributed by atoms with van der Waals surface area (Å²) in [6.07, 6.45) is 0. The number of benzene rings is 2. The summed E-state index contributed by atoms with van der Waals surface area (Å²) >= 11 is 4.41. The van der Waals surface area contributed by atoms with Gasteiger partial charge in [-0.2, -0.15) is 0 Å². The molecule has 19 heavy (non-hydrogen) atoms. The van der Waals surface area contributed by atoms with Crippen molar-refractivity contribution in [3.63, 3.8) is 0 Å². The molecular weight excluding hydrogens is 256 g/mol. The quantitative estimate of drug-likeness (QED) is 0.632. The summed E-state index contributed by atoms with van der Waals surface area (Å²) < 4.78 is 0. The van der Waals surface area contributed by atoms with Gasteiger partial charge in [0.2, 0.25) is 0 Å². The second-order valence-electron chi connectivity index (χ2n) is 3.97. The molecule has 0 heterocycles. The first-order valence-corrected chi connectivity index (χ1v) is 6.19. The third-order valence-corrected chi connectivity index (χ3v) is 2.74. The normalized spacial score (nSPS) is 9.16. The summed E-state index contributed by atoms with van der Waals surface area (Å²) in [5.74, 6) is -0.935. The molecule has 2 rings (SSSR count). The van der Waals surface area contributed by atoms with Gasteiger partial charge in [0, 0.05) is 10.5 Å². The lowest BCUT2D eigenvalue weighted by Crippen LogP contribution is -1.92. The molecule has 2 aromatic rings. The number of thiol groups is 1. The Balaban J connectivity index is 0.000000258. The zero-order valence-corrected chi connectivity index (χ0v) is 11.6. The van der Waals surface area contributed by atoms with E-state index in [0.29, 0.717) is 0 Å². The van der Waals surface area contributed by atoms with Crippen LogP contribution in [-0.4, -0.2) is 11.1 Å². The number of rotatable bonds is 2. The lowest BCUT2D eigenvalue weighted by atomic mass is 10.1. The highest BCUT2D eigenvalue weighted by atomic mass is 32.1. The van der Waals surface area contributed by atoms with Gasteiger partial charge in [0.05, 0.1) is 0 Å². The SMILES string of the molecule is C=C(C)C(=O)O.Sc1ccccc1-c1ccccc1. The van der Waals surface area contributed by atoms with Gasteiger partial charge in [0.15, 0.2) is 0 Å². The number of carboxylic acid groups (broad SMARTS) is 1. The Kier molecular flexibility index (Phi) is 5.90. The van der Waals surface area contributed by atoms with E-state index in [1.54, 1.807) is 0 Å². The fourth-order valence-corrected chi connectivity index (χ4v) is 1.63. The van der Waals surface area contributed by atoms with E-state index < -0.39 is 5.97 Å². The average Bonchev–Trinajstić information content (AvgIpc) is 2.41. The molecule has 0 aliphatic rings. The standard InChI is InChI=1S/C12H10S.C4H6O2/c13-12-9-5-4-8-11(12)10-6-2-1-3-7-10;1-3(2)4(5)6/h1-9,13H;1H2,2H3,(H,5,6). The van der Waals surface area contributed by atoms with Crippen LogP contribution in [0.25, 0.3) is 11.1 Å². The highest BCUT2D eigenvalue weighted by Gasteiger charge is 1.98. The van der Waals surface area contributed by atoms with Gasteiger partial charge in [-0.05, 0) is 24.1 Å². The third kappa shape index (κ3) is 5.02. The predicted octanol–water partition coefficient (Wildman–Crippen LogP) is 4.29. The van der Waals surface area contributed by atoms with E-state index in [9.17, 15) is 4.79 Å². The van der Waals surface area contributed by atoms with E-state index in [-0.39, 0.29) is 5.57 Å². The van der Waals surface area contributed by atoms with Crippen molar-refractivity contribution in [3.8, 4) is 11.1 Å². The maximum absolute atomic E-state index is 9.60. The molecular formula is C16H16O2S. The van der Waals surface area contributed by atoms with Gasteiger partial charge >= 0.3 is 5.97 Å². The van der Waals surface area contributed by atoms with Crippen molar-refractivity contribution < 1.29 is 9.90 Å². The Morgan fingerprint density at radius 2 is 1.53 bits per heavy atom. The molecule has 0 saturated heterocycles. The van der Waals surface area contributed by atoms with Crippen LogP contribution >= 0.6 is 12.6 Å². The number of hydrogen-bond donors (Lipinski definition) is 2. The summed E-state index contributed by atoms with van der Waals surface area (Å²) in [4.78, 5) is 10.6. The van der Waals surface area contributed by atoms with Crippen molar-refractivity contribution in [1.82, 2.24) is 0 Å². The summed E-state index contributed by atoms with van der Waals surface area (Å²) in [5.41, 5.74) is 2.58. The Bertz CT molecular complexity index is 550. The molecule has 0 spiro atoms. The minimum Gasteiger partial charge on any atom is -0.478 e. The molecule has 0 atom stereocenters. The number of hydrogen-bond acceptors (Lipinski definition) is 2. The fourth-order valence-electron chi connectivity index (χ4n) is 1.34. The molecule has 0 radical (unpaired) electrons. The van der Waals surface area contributed by atoms with E-state index in [0.717, 1.165) is 4.90 Å². The second kappa shape index (κ2) is 7.44. The van der Waals surface area contributed by atoms with E-state index in [2.05, 4.69) is 37.4 Å². The van der Waals surface area contributed by atoms with Gasteiger partial charge in [-0.1, -0.05) is 55.1 Å². The van der Waals surface area contributed by atoms with Crippen LogP contribution in [0, 0.1) is 0 Å². The summed E-state index contributed by atoms with van der Waals surface area (Å²) in [6, 6.07) is 18.4. The maximum atomic E-state index is 9.60. The van der Waals surface area contributed by atoms with Crippen LogP contribution in [0.15, 0.2) is 71.6 Å². The van der Waals surface area contributed by atoms with Crippen molar-refractivity contribution in [2.75, 3.05) is 0 Å². The monoisotopic (exact) mass is 272 g/mol. The van der Waals surface area contributed by atoms with Gasteiger partial charge in [-0.15, -0.1) is 12.6 Å². The highest BCUT2D eigenvalue weighted by Crippen LogP contribution is 2.25. The van der Waals surface area contributed by atoms with E-state index in [1.807, 2.05) is 36.4 Å². The minimum absolute atomic E-state index is 0.176. The summed E-state index contributed by atoms with van der Waals surface area (Å²) in [7, 11) is 0. The zero-order valence-electron chi connectivity index (χ0n) is 10.7. The Hall–Kier alpha value is -2.00. The fraction of sp³-hybridized carbons (Fsp3) is 0.0625. The molecule has 0 amide bonds. The van der Waals surface area contributed by atoms with Gasteiger partial charge < -0.3 is 5.11 Å². The van der Waals surface area contributed by atoms with Crippen LogP contribution in [0.1, 0.15) is 6.92 Å². The molecule has 1 N–H and O–H groups in total. The first kappa shape index (κ1) is 15.1. The van der Waals surface area contributed by atoms with Crippen LogP contribution in [0.2, 0.25) is 0 Å². The molecule has 0 aromatic heterocycles. The first-order chi connectivity index (χ1) is 9.02. The molecule has 0 fully saturated rings. The van der Waals surface area contributed by atoms with Crippen molar-refractivity contribution in [2.24, 2.45) is 0 Å². The minimum atomic E-state index is -0.935. The smallest absolute Gasteiger partial charge is 0.330 e. The Morgan fingerprint density at radius 1 is 1.05 bits per heavy atom. The van der Waals surface area contributed by atoms with Crippen LogP contribution in [0.4, 0.5) is 0 Å². The highest BCUT2D eigenvalue weighted by molar-refractivity contribution is 7.80. The first-order valence-electron chi connectivity index (χ1n) is 5.74. The molecule has 3 heteroatoms. The summed E-state index contributed by atoms with van der Waals surface area (Å²) in [6.45, 7) is 4.60. The van der Waals surface area contributed by atoms with Gasteiger partial charge in [-0.25, -0.2) is 4.79 Å². The van der Waals surface area contributed by atoms with Crippen molar-refractivity contribution in [1.29, 1.82) is 0 Å². The molecule has 0 aliphatic heterocycles. The predicted molar refractivity (Wildman–Crippen MR) is 81.6 cm³/mol. The van der Waals surface area contributed by atoms with Gasteiger partial charge in [0.25, 0.3) is 0 Å². The topological polar surface area (TPSA) is 37.3 Å². The Labute approximate surface area is 118 Å². The van der Waals surface area contributed by atoms with E-state index in [4.69, 9.17) is 5.11 Å². The molecule has 2 nitrogen and oxygen atoms in total. The second-order valence-corrected chi connectivity index (χ2v) is 4.45.